The van der Waals surface area contributed by atoms with Gasteiger partial charge in [-0.3, -0.25) is 14.7 Å². The SMILES string of the molecule is Cc1cc(Cl)cc2sc(N(Cc3cccnc3)C(=O)c3ccc(F)cc3)nc12. The summed E-state index contributed by atoms with van der Waals surface area (Å²) in [5.41, 5.74) is 3.01. The number of pyridine rings is 1. The Hall–Kier alpha value is -2.83. The van der Waals surface area contributed by atoms with Crippen LogP contribution in [0, 0.1) is 12.7 Å². The molecule has 1 amide bonds. The number of carbonyl (C=O) groups excluding carboxylic acids is 1. The third-order valence-electron chi connectivity index (χ3n) is 4.27. The first kappa shape index (κ1) is 18.5. The zero-order valence-corrected chi connectivity index (χ0v) is 16.5. The average Bonchev–Trinajstić information content (AvgIpc) is 3.11. The molecule has 0 radical (unpaired) electrons. The second kappa shape index (κ2) is 7.66. The van der Waals surface area contributed by atoms with Gasteiger partial charge < -0.3 is 0 Å². The molecule has 0 aliphatic carbocycles. The maximum Gasteiger partial charge on any atom is 0.260 e. The molecule has 2 heterocycles. The first-order chi connectivity index (χ1) is 13.5. The summed E-state index contributed by atoms with van der Waals surface area (Å²) in [7, 11) is 0. The third-order valence-corrected chi connectivity index (χ3v) is 5.51. The zero-order valence-electron chi connectivity index (χ0n) is 14.9. The van der Waals surface area contributed by atoms with Crippen LogP contribution in [-0.4, -0.2) is 15.9 Å². The number of carbonyl (C=O) groups is 1. The second-order valence-corrected chi connectivity index (χ2v) is 7.77. The van der Waals surface area contributed by atoms with Crippen LogP contribution in [0.15, 0.2) is 60.9 Å². The molecular weight excluding hydrogens is 397 g/mol. The number of hydrogen-bond acceptors (Lipinski definition) is 4. The Bertz CT molecular complexity index is 1150. The van der Waals surface area contributed by atoms with Crippen molar-refractivity contribution in [1.82, 2.24) is 9.97 Å². The lowest BCUT2D eigenvalue weighted by molar-refractivity contribution is 0.0985. The summed E-state index contributed by atoms with van der Waals surface area (Å²) in [6.45, 7) is 2.24. The van der Waals surface area contributed by atoms with Crippen LogP contribution >= 0.6 is 22.9 Å². The van der Waals surface area contributed by atoms with Crippen molar-refractivity contribution in [2.45, 2.75) is 13.5 Å². The van der Waals surface area contributed by atoms with E-state index < -0.39 is 0 Å². The predicted octanol–water partition coefficient (Wildman–Crippen LogP) is 5.64. The number of halogens is 2. The van der Waals surface area contributed by atoms with Crippen molar-refractivity contribution < 1.29 is 9.18 Å². The number of anilines is 1. The van der Waals surface area contributed by atoms with E-state index in [1.165, 1.54) is 35.6 Å². The van der Waals surface area contributed by atoms with E-state index in [1.54, 1.807) is 17.3 Å². The van der Waals surface area contributed by atoms with Gasteiger partial charge in [-0.15, -0.1) is 0 Å². The molecule has 28 heavy (non-hydrogen) atoms. The molecule has 0 saturated heterocycles. The molecule has 4 aromatic rings. The molecule has 2 aromatic heterocycles. The largest absolute Gasteiger partial charge is 0.279 e. The van der Waals surface area contributed by atoms with Gasteiger partial charge in [-0.25, -0.2) is 9.37 Å². The third kappa shape index (κ3) is 3.74. The molecule has 0 aliphatic heterocycles. The quantitative estimate of drug-likeness (QED) is 0.436. The van der Waals surface area contributed by atoms with Crippen molar-refractivity contribution >= 4 is 44.2 Å². The van der Waals surface area contributed by atoms with Crippen molar-refractivity contribution in [2.75, 3.05) is 4.90 Å². The van der Waals surface area contributed by atoms with Crippen LogP contribution in [-0.2, 0) is 6.54 Å². The number of aryl methyl sites for hydroxylation is 1. The van der Waals surface area contributed by atoms with Gasteiger partial charge in [0.15, 0.2) is 5.13 Å². The van der Waals surface area contributed by atoms with Crippen LogP contribution in [0.1, 0.15) is 21.5 Å². The van der Waals surface area contributed by atoms with Gasteiger partial charge >= 0.3 is 0 Å². The summed E-state index contributed by atoms with van der Waals surface area (Å²) in [6.07, 6.45) is 3.39. The highest BCUT2D eigenvalue weighted by Crippen LogP contribution is 2.34. The molecule has 0 fully saturated rings. The Balaban J connectivity index is 1.79. The van der Waals surface area contributed by atoms with E-state index in [1.807, 2.05) is 31.2 Å². The fourth-order valence-electron chi connectivity index (χ4n) is 2.91. The van der Waals surface area contributed by atoms with Crippen LogP contribution in [0.25, 0.3) is 10.2 Å². The Labute approximate surface area is 170 Å². The molecule has 4 nitrogen and oxygen atoms in total. The molecule has 0 bridgehead atoms. The fourth-order valence-corrected chi connectivity index (χ4v) is 4.32. The molecule has 7 heteroatoms. The van der Waals surface area contributed by atoms with Gasteiger partial charge in [-0.05, 0) is 60.5 Å². The number of nitrogens with zero attached hydrogens (tertiary/aromatic N) is 3. The fraction of sp³-hybridized carbons (Fsp3) is 0.0952. The number of fused-ring (bicyclic) bond motifs is 1. The molecule has 0 spiro atoms. The van der Waals surface area contributed by atoms with Crippen molar-refractivity contribution in [1.29, 1.82) is 0 Å². The first-order valence-electron chi connectivity index (χ1n) is 8.54. The van der Waals surface area contributed by atoms with E-state index >= 15 is 0 Å². The monoisotopic (exact) mass is 411 g/mol. The second-order valence-electron chi connectivity index (χ2n) is 6.33. The molecule has 0 atom stereocenters. The highest BCUT2D eigenvalue weighted by Gasteiger charge is 2.22. The molecule has 2 aromatic carbocycles. The molecular formula is C21H15ClFN3OS. The van der Waals surface area contributed by atoms with E-state index in [2.05, 4.69) is 9.97 Å². The number of benzene rings is 2. The minimum atomic E-state index is -0.388. The molecule has 0 saturated carbocycles. The van der Waals surface area contributed by atoms with Gasteiger partial charge in [0.1, 0.15) is 5.82 Å². The number of thiazole rings is 1. The first-order valence-corrected chi connectivity index (χ1v) is 9.74. The minimum absolute atomic E-state index is 0.258. The van der Waals surface area contributed by atoms with Crippen LogP contribution in [0.2, 0.25) is 5.02 Å². The Kier molecular flexibility index (Phi) is 5.07. The number of rotatable bonds is 4. The van der Waals surface area contributed by atoms with Gasteiger partial charge in [0.05, 0.1) is 16.8 Å². The standard InChI is InChI=1S/C21H15ClFN3OS/c1-13-9-16(22)10-18-19(13)25-21(28-18)26(12-14-3-2-8-24-11-14)20(27)15-4-6-17(23)7-5-15/h2-11H,12H2,1H3. The Morgan fingerprint density at radius 1 is 1.21 bits per heavy atom. The summed E-state index contributed by atoms with van der Waals surface area (Å²) >= 11 is 7.56. The molecule has 0 aliphatic rings. The van der Waals surface area contributed by atoms with E-state index in [0.29, 0.717) is 22.3 Å². The predicted molar refractivity (Wildman–Crippen MR) is 111 cm³/mol. The van der Waals surface area contributed by atoms with Crippen molar-refractivity contribution in [3.63, 3.8) is 0 Å². The van der Waals surface area contributed by atoms with E-state index in [4.69, 9.17) is 11.6 Å². The summed E-state index contributed by atoms with van der Waals surface area (Å²) in [4.78, 5) is 23.6. The van der Waals surface area contributed by atoms with Crippen LogP contribution < -0.4 is 4.90 Å². The number of hydrogen-bond donors (Lipinski definition) is 0. The molecule has 140 valence electrons. The normalized spacial score (nSPS) is 11.0. The summed E-state index contributed by atoms with van der Waals surface area (Å²) in [5.74, 6) is -0.646. The van der Waals surface area contributed by atoms with Crippen LogP contribution in [0.3, 0.4) is 0 Å². The van der Waals surface area contributed by atoms with E-state index in [0.717, 1.165) is 21.3 Å². The highest BCUT2D eigenvalue weighted by atomic mass is 35.5. The lowest BCUT2D eigenvalue weighted by atomic mass is 10.2. The van der Waals surface area contributed by atoms with Crippen molar-refractivity contribution in [2.24, 2.45) is 0 Å². The van der Waals surface area contributed by atoms with Crippen molar-refractivity contribution in [3.8, 4) is 0 Å². The van der Waals surface area contributed by atoms with E-state index in [9.17, 15) is 9.18 Å². The number of aromatic nitrogens is 2. The smallest absolute Gasteiger partial charge is 0.260 e. The molecule has 0 unspecified atom stereocenters. The number of amides is 1. The highest BCUT2D eigenvalue weighted by molar-refractivity contribution is 7.22. The summed E-state index contributed by atoms with van der Waals surface area (Å²) in [5, 5.41) is 1.18. The molecule has 0 N–H and O–H groups in total. The summed E-state index contributed by atoms with van der Waals surface area (Å²) in [6, 6.07) is 12.9. The molecule has 4 rings (SSSR count). The van der Waals surface area contributed by atoms with Gasteiger partial charge in [0.2, 0.25) is 0 Å². The van der Waals surface area contributed by atoms with Crippen LogP contribution in [0.5, 0.6) is 0 Å². The van der Waals surface area contributed by atoms with Gasteiger partial charge in [-0.2, -0.15) is 0 Å². The maximum absolute atomic E-state index is 13.3. The Morgan fingerprint density at radius 2 is 2.00 bits per heavy atom. The topological polar surface area (TPSA) is 46.1 Å². The van der Waals surface area contributed by atoms with Gasteiger partial charge in [-0.1, -0.05) is 29.0 Å². The van der Waals surface area contributed by atoms with Crippen LogP contribution in [0.4, 0.5) is 9.52 Å². The average molecular weight is 412 g/mol. The zero-order chi connectivity index (χ0) is 19.7. The van der Waals surface area contributed by atoms with Gasteiger partial charge in [0.25, 0.3) is 5.91 Å². The lowest BCUT2D eigenvalue weighted by Gasteiger charge is -2.20. The van der Waals surface area contributed by atoms with Gasteiger partial charge in [0, 0.05) is 23.0 Å². The minimum Gasteiger partial charge on any atom is -0.279 e. The summed E-state index contributed by atoms with van der Waals surface area (Å²) < 4.78 is 14.2. The Morgan fingerprint density at radius 3 is 2.71 bits per heavy atom. The van der Waals surface area contributed by atoms with Crippen molar-refractivity contribution in [3.05, 3.63) is 88.5 Å². The lowest BCUT2D eigenvalue weighted by Crippen LogP contribution is -2.30. The maximum atomic E-state index is 13.3. The van der Waals surface area contributed by atoms with E-state index in [-0.39, 0.29) is 11.7 Å².